The Bertz CT molecular complexity index is 934. The lowest BCUT2D eigenvalue weighted by Gasteiger charge is -2.27. The maximum Gasteiger partial charge on any atom is 0.254 e. The number of pyridine rings is 1. The van der Waals surface area contributed by atoms with Crippen LogP contribution in [0.2, 0.25) is 0 Å². The Morgan fingerprint density at radius 2 is 1.65 bits per heavy atom. The summed E-state index contributed by atoms with van der Waals surface area (Å²) >= 11 is 0. The molecule has 7 nitrogen and oxygen atoms in total. The summed E-state index contributed by atoms with van der Waals surface area (Å²) < 4.78 is 0. The second kappa shape index (κ2) is 9.29. The number of rotatable bonds is 4. The van der Waals surface area contributed by atoms with E-state index >= 15 is 0 Å². The Morgan fingerprint density at radius 1 is 0.968 bits per heavy atom. The highest BCUT2D eigenvalue weighted by Gasteiger charge is 2.39. The number of benzene rings is 1. The Kier molecular flexibility index (Phi) is 6.30. The standard InChI is InChI=1S/C24H28N4O3/c1-18(19-6-3-2-4-7-19)28-17-21(16-22(28)29)24(31)27-13-5-12-26(14-15-27)23(30)20-8-10-25-11-9-20/h2-4,6-11,18,21H,5,12-17H2,1H3. The zero-order valence-corrected chi connectivity index (χ0v) is 17.8. The first-order valence-electron chi connectivity index (χ1n) is 10.9. The third kappa shape index (κ3) is 4.60. The van der Waals surface area contributed by atoms with E-state index in [4.69, 9.17) is 0 Å². The van der Waals surface area contributed by atoms with Gasteiger partial charge in [-0.25, -0.2) is 0 Å². The summed E-state index contributed by atoms with van der Waals surface area (Å²) in [6, 6.07) is 13.3. The van der Waals surface area contributed by atoms with Gasteiger partial charge in [0.1, 0.15) is 0 Å². The number of likely N-dealkylation sites (tertiary alicyclic amines) is 1. The SMILES string of the molecule is CC(c1ccccc1)N1CC(C(=O)N2CCCN(C(=O)c3ccncc3)CC2)CC1=O. The molecule has 2 aromatic rings. The Labute approximate surface area is 182 Å². The fourth-order valence-corrected chi connectivity index (χ4v) is 4.46. The summed E-state index contributed by atoms with van der Waals surface area (Å²) in [4.78, 5) is 48.0. The van der Waals surface area contributed by atoms with Gasteiger partial charge in [0.15, 0.2) is 0 Å². The third-order valence-corrected chi connectivity index (χ3v) is 6.28. The summed E-state index contributed by atoms with van der Waals surface area (Å²) in [5, 5.41) is 0. The fourth-order valence-electron chi connectivity index (χ4n) is 4.46. The fraction of sp³-hybridized carbons (Fsp3) is 0.417. The van der Waals surface area contributed by atoms with Crippen LogP contribution in [-0.2, 0) is 9.59 Å². The first-order valence-corrected chi connectivity index (χ1v) is 10.9. The third-order valence-electron chi connectivity index (χ3n) is 6.28. The van der Waals surface area contributed by atoms with Crippen molar-refractivity contribution < 1.29 is 14.4 Å². The van der Waals surface area contributed by atoms with Gasteiger partial charge in [-0.15, -0.1) is 0 Å². The van der Waals surface area contributed by atoms with Gasteiger partial charge < -0.3 is 14.7 Å². The van der Waals surface area contributed by atoms with E-state index in [0.29, 0.717) is 38.3 Å². The minimum Gasteiger partial charge on any atom is -0.341 e. The molecular weight excluding hydrogens is 392 g/mol. The zero-order chi connectivity index (χ0) is 21.8. The van der Waals surface area contributed by atoms with Crippen LogP contribution in [0.25, 0.3) is 0 Å². The number of hydrogen-bond acceptors (Lipinski definition) is 4. The molecule has 2 unspecified atom stereocenters. The molecule has 2 saturated heterocycles. The Balaban J connectivity index is 1.36. The number of carbonyl (C=O) groups excluding carboxylic acids is 3. The molecule has 0 saturated carbocycles. The molecule has 0 aliphatic carbocycles. The Hall–Kier alpha value is -3.22. The number of hydrogen-bond donors (Lipinski definition) is 0. The van der Waals surface area contributed by atoms with Crippen molar-refractivity contribution in [2.45, 2.75) is 25.8 Å². The normalized spacial score (nSPS) is 20.5. The zero-order valence-electron chi connectivity index (χ0n) is 17.8. The minimum atomic E-state index is -0.318. The second-order valence-corrected chi connectivity index (χ2v) is 8.24. The first-order chi connectivity index (χ1) is 15.0. The largest absolute Gasteiger partial charge is 0.341 e. The van der Waals surface area contributed by atoms with Crippen molar-refractivity contribution >= 4 is 17.7 Å². The molecule has 3 heterocycles. The van der Waals surface area contributed by atoms with Crippen LogP contribution in [0.4, 0.5) is 0 Å². The lowest BCUT2D eigenvalue weighted by Crippen LogP contribution is -2.40. The van der Waals surface area contributed by atoms with E-state index in [9.17, 15) is 14.4 Å². The average Bonchev–Trinajstić information content (AvgIpc) is 3.04. The minimum absolute atomic E-state index is 0.0225. The van der Waals surface area contributed by atoms with Gasteiger partial charge in [0.25, 0.3) is 5.91 Å². The van der Waals surface area contributed by atoms with Crippen LogP contribution >= 0.6 is 0 Å². The molecule has 0 N–H and O–H groups in total. The molecule has 7 heteroatoms. The van der Waals surface area contributed by atoms with Crippen LogP contribution < -0.4 is 0 Å². The molecule has 2 fully saturated rings. The smallest absolute Gasteiger partial charge is 0.254 e. The second-order valence-electron chi connectivity index (χ2n) is 8.24. The van der Waals surface area contributed by atoms with Gasteiger partial charge in [0, 0.05) is 57.1 Å². The molecule has 162 valence electrons. The molecule has 0 spiro atoms. The maximum absolute atomic E-state index is 13.2. The molecule has 0 bridgehead atoms. The molecule has 2 aliphatic rings. The van der Waals surface area contributed by atoms with Gasteiger partial charge in [-0.05, 0) is 31.0 Å². The summed E-state index contributed by atoms with van der Waals surface area (Å²) in [7, 11) is 0. The van der Waals surface area contributed by atoms with E-state index in [0.717, 1.165) is 12.0 Å². The molecule has 31 heavy (non-hydrogen) atoms. The number of carbonyl (C=O) groups is 3. The van der Waals surface area contributed by atoms with E-state index < -0.39 is 0 Å². The molecule has 1 aromatic carbocycles. The summed E-state index contributed by atoms with van der Waals surface area (Å²) in [5.41, 5.74) is 1.69. The molecular formula is C24H28N4O3. The maximum atomic E-state index is 13.2. The van der Waals surface area contributed by atoms with Crippen LogP contribution in [-0.4, -0.2) is 70.1 Å². The van der Waals surface area contributed by atoms with E-state index in [1.54, 1.807) is 29.4 Å². The molecule has 3 amide bonds. The topological polar surface area (TPSA) is 73.8 Å². The number of amides is 3. The van der Waals surface area contributed by atoms with E-state index in [-0.39, 0.29) is 36.1 Å². The van der Waals surface area contributed by atoms with Crippen molar-refractivity contribution in [2.24, 2.45) is 5.92 Å². The van der Waals surface area contributed by atoms with Gasteiger partial charge in [0.05, 0.1) is 12.0 Å². The quantitative estimate of drug-likeness (QED) is 0.761. The summed E-state index contributed by atoms with van der Waals surface area (Å²) in [6.07, 6.45) is 4.21. The van der Waals surface area contributed by atoms with Gasteiger partial charge in [0.2, 0.25) is 11.8 Å². The monoisotopic (exact) mass is 420 g/mol. The van der Waals surface area contributed by atoms with Crippen molar-refractivity contribution in [2.75, 3.05) is 32.7 Å². The highest BCUT2D eigenvalue weighted by Crippen LogP contribution is 2.29. The molecule has 2 aliphatic heterocycles. The predicted molar refractivity (Wildman–Crippen MR) is 116 cm³/mol. The van der Waals surface area contributed by atoms with Crippen molar-refractivity contribution in [3.05, 3.63) is 66.0 Å². The van der Waals surface area contributed by atoms with E-state index in [1.165, 1.54) is 0 Å². The van der Waals surface area contributed by atoms with Crippen molar-refractivity contribution in [1.82, 2.24) is 19.7 Å². The van der Waals surface area contributed by atoms with Gasteiger partial charge in [-0.2, -0.15) is 0 Å². The first kappa shape index (κ1) is 21.0. The van der Waals surface area contributed by atoms with Crippen molar-refractivity contribution in [3.63, 3.8) is 0 Å². The van der Waals surface area contributed by atoms with Crippen molar-refractivity contribution in [3.8, 4) is 0 Å². The Morgan fingerprint density at radius 3 is 2.39 bits per heavy atom. The van der Waals surface area contributed by atoms with Crippen molar-refractivity contribution in [1.29, 1.82) is 0 Å². The van der Waals surface area contributed by atoms with Crippen LogP contribution in [0.1, 0.15) is 41.7 Å². The van der Waals surface area contributed by atoms with Crippen LogP contribution in [0.15, 0.2) is 54.9 Å². The average molecular weight is 421 g/mol. The lowest BCUT2D eigenvalue weighted by atomic mass is 10.1. The van der Waals surface area contributed by atoms with Crippen LogP contribution in [0.5, 0.6) is 0 Å². The number of nitrogens with zero attached hydrogens (tertiary/aromatic N) is 4. The van der Waals surface area contributed by atoms with Gasteiger partial charge in [-0.3, -0.25) is 19.4 Å². The molecule has 0 radical (unpaired) electrons. The highest BCUT2D eigenvalue weighted by atomic mass is 16.2. The van der Waals surface area contributed by atoms with Crippen LogP contribution in [0, 0.1) is 5.92 Å². The van der Waals surface area contributed by atoms with E-state index in [1.807, 2.05) is 47.1 Å². The van der Waals surface area contributed by atoms with E-state index in [2.05, 4.69) is 4.98 Å². The van der Waals surface area contributed by atoms with Crippen LogP contribution in [0.3, 0.4) is 0 Å². The van der Waals surface area contributed by atoms with Gasteiger partial charge in [-0.1, -0.05) is 30.3 Å². The molecule has 1 aromatic heterocycles. The lowest BCUT2D eigenvalue weighted by molar-refractivity contribution is -0.135. The molecule has 2 atom stereocenters. The predicted octanol–water partition coefficient (Wildman–Crippen LogP) is 2.37. The van der Waals surface area contributed by atoms with Gasteiger partial charge >= 0.3 is 0 Å². The summed E-state index contributed by atoms with van der Waals surface area (Å²) in [6.45, 7) is 4.67. The molecule has 4 rings (SSSR count). The highest BCUT2D eigenvalue weighted by molar-refractivity contribution is 5.94. The number of aromatic nitrogens is 1. The summed E-state index contributed by atoms with van der Waals surface area (Å²) in [5.74, 6) is -0.301.